The highest BCUT2D eigenvalue weighted by atomic mass is 19.1. The van der Waals surface area contributed by atoms with Crippen molar-refractivity contribution in [1.29, 1.82) is 0 Å². The van der Waals surface area contributed by atoms with Crippen LogP contribution < -0.4 is 11.2 Å². The molecular weight excluding hydrogens is 429 g/mol. The highest BCUT2D eigenvalue weighted by Crippen LogP contribution is 2.23. The minimum Gasteiger partial charge on any atom is -0.335 e. The summed E-state index contributed by atoms with van der Waals surface area (Å²) in [6.45, 7) is 1.46. The van der Waals surface area contributed by atoms with Crippen LogP contribution in [0, 0.1) is 5.82 Å². The molecule has 0 fully saturated rings. The molecule has 3 aromatic heterocycles. The van der Waals surface area contributed by atoms with E-state index in [2.05, 4.69) is 10.1 Å². The third kappa shape index (κ3) is 3.55. The molecule has 5 rings (SSSR count). The van der Waals surface area contributed by atoms with Crippen LogP contribution in [0.3, 0.4) is 0 Å². The molecule has 10 nitrogen and oxygen atoms in total. The van der Waals surface area contributed by atoms with Crippen LogP contribution >= 0.6 is 0 Å². The number of aryl methyl sites for hydroxylation is 2. The molecule has 0 aliphatic carbocycles. The van der Waals surface area contributed by atoms with Gasteiger partial charge in [0, 0.05) is 32.7 Å². The van der Waals surface area contributed by atoms with Crippen molar-refractivity contribution in [3.05, 3.63) is 69.0 Å². The van der Waals surface area contributed by atoms with Crippen LogP contribution in [0.15, 0.2) is 46.2 Å². The van der Waals surface area contributed by atoms with Crippen molar-refractivity contribution in [2.45, 2.75) is 26.1 Å². The van der Waals surface area contributed by atoms with Gasteiger partial charge in [0.1, 0.15) is 12.4 Å². The number of rotatable bonds is 3. The number of hydrogen-bond donors (Lipinski definition) is 0. The van der Waals surface area contributed by atoms with Gasteiger partial charge in [-0.25, -0.2) is 14.2 Å². The quantitative estimate of drug-likeness (QED) is 0.460. The maximum atomic E-state index is 13.6. The van der Waals surface area contributed by atoms with E-state index in [1.807, 2.05) is 10.7 Å². The van der Waals surface area contributed by atoms with E-state index in [1.165, 1.54) is 41.7 Å². The van der Waals surface area contributed by atoms with Gasteiger partial charge in [0.25, 0.3) is 5.56 Å². The van der Waals surface area contributed by atoms with Crippen molar-refractivity contribution in [3.63, 3.8) is 0 Å². The molecule has 170 valence electrons. The summed E-state index contributed by atoms with van der Waals surface area (Å²) in [5, 5.41) is 4.59. The number of carbonyl (C=O) groups excluding carboxylic acids is 1. The normalized spacial score (nSPS) is 13.8. The summed E-state index contributed by atoms with van der Waals surface area (Å²) in [5.74, 6) is -0.504. The lowest BCUT2D eigenvalue weighted by Gasteiger charge is -2.20. The zero-order valence-electron chi connectivity index (χ0n) is 18.2. The summed E-state index contributed by atoms with van der Waals surface area (Å²) >= 11 is 0. The van der Waals surface area contributed by atoms with Crippen molar-refractivity contribution < 1.29 is 9.18 Å². The van der Waals surface area contributed by atoms with E-state index in [0.717, 1.165) is 10.3 Å². The third-order valence-electron chi connectivity index (χ3n) is 6.01. The first-order chi connectivity index (χ1) is 15.8. The largest absolute Gasteiger partial charge is 0.335 e. The van der Waals surface area contributed by atoms with Crippen LogP contribution in [0.1, 0.15) is 12.1 Å². The Bertz CT molecular complexity index is 1510. The lowest BCUT2D eigenvalue weighted by molar-refractivity contribution is -0.132. The van der Waals surface area contributed by atoms with E-state index in [4.69, 9.17) is 0 Å². The standard InChI is InChI=1S/C22H22FN7O3/c1-26-20-19(21(32)27(2)22(26)33)29(13-24-20)12-18(31)28-7-4-8-30-16(11-28)10-17(25-30)14-5-3-6-15(23)9-14/h3,5-6,9-10,13H,4,7-8,11-12H2,1-2H3. The second-order valence-electron chi connectivity index (χ2n) is 8.17. The first-order valence-electron chi connectivity index (χ1n) is 10.5. The zero-order valence-corrected chi connectivity index (χ0v) is 18.2. The predicted molar refractivity (Wildman–Crippen MR) is 118 cm³/mol. The van der Waals surface area contributed by atoms with Crippen molar-refractivity contribution in [1.82, 2.24) is 33.4 Å². The van der Waals surface area contributed by atoms with Crippen molar-refractivity contribution in [2.24, 2.45) is 14.1 Å². The van der Waals surface area contributed by atoms with Gasteiger partial charge in [0.2, 0.25) is 5.91 Å². The zero-order chi connectivity index (χ0) is 23.3. The van der Waals surface area contributed by atoms with Gasteiger partial charge in [-0.3, -0.25) is 23.4 Å². The van der Waals surface area contributed by atoms with Crippen LogP contribution in [0.4, 0.5) is 4.39 Å². The molecule has 11 heteroatoms. The van der Waals surface area contributed by atoms with E-state index in [9.17, 15) is 18.8 Å². The summed E-state index contributed by atoms with van der Waals surface area (Å²) in [6, 6.07) is 8.13. The first-order valence-corrected chi connectivity index (χ1v) is 10.5. The molecule has 4 heterocycles. The van der Waals surface area contributed by atoms with Crippen molar-refractivity contribution in [2.75, 3.05) is 6.54 Å². The molecule has 33 heavy (non-hydrogen) atoms. The van der Waals surface area contributed by atoms with Crippen molar-refractivity contribution >= 4 is 17.1 Å². The summed E-state index contributed by atoms with van der Waals surface area (Å²) < 4.78 is 19.3. The number of benzene rings is 1. The molecule has 4 aromatic rings. The van der Waals surface area contributed by atoms with Gasteiger partial charge in [-0.2, -0.15) is 5.10 Å². The van der Waals surface area contributed by atoms with Crippen molar-refractivity contribution in [3.8, 4) is 11.3 Å². The lowest BCUT2D eigenvalue weighted by atomic mass is 10.1. The first kappa shape index (κ1) is 20.9. The minimum absolute atomic E-state index is 0.0746. The van der Waals surface area contributed by atoms with Gasteiger partial charge in [0.05, 0.1) is 24.3 Å². The van der Waals surface area contributed by atoms with Crippen LogP contribution in [0.5, 0.6) is 0 Å². The molecule has 0 unspecified atom stereocenters. The molecular formula is C22H22FN7O3. The molecule has 0 spiro atoms. The smallest absolute Gasteiger partial charge is 0.332 e. The van der Waals surface area contributed by atoms with Gasteiger partial charge in [-0.1, -0.05) is 12.1 Å². The fraction of sp³-hybridized carbons (Fsp3) is 0.318. The van der Waals surface area contributed by atoms with E-state index in [1.54, 1.807) is 17.0 Å². The summed E-state index contributed by atoms with van der Waals surface area (Å²) in [4.78, 5) is 43.8. The number of amides is 1. The van der Waals surface area contributed by atoms with Gasteiger partial charge in [-0.15, -0.1) is 0 Å². The molecule has 0 bridgehead atoms. The molecule has 1 aromatic carbocycles. The maximum absolute atomic E-state index is 13.6. The van der Waals surface area contributed by atoms with E-state index >= 15 is 0 Å². The Balaban J connectivity index is 1.42. The van der Waals surface area contributed by atoms with Crippen LogP contribution in [0.25, 0.3) is 22.4 Å². The Morgan fingerprint density at radius 2 is 1.94 bits per heavy atom. The summed E-state index contributed by atoms with van der Waals surface area (Å²) in [5.41, 5.74) is 1.68. The topological polar surface area (TPSA) is 99.9 Å². The maximum Gasteiger partial charge on any atom is 0.332 e. The molecule has 0 atom stereocenters. The molecule has 0 saturated carbocycles. The summed E-state index contributed by atoms with van der Waals surface area (Å²) in [7, 11) is 2.94. The Labute approximate surface area is 187 Å². The fourth-order valence-corrected chi connectivity index (χ4v) is 4.23. The Hall–Kier alpha value is -4.02. The number of fused-ring (bicyclic) bond motifs is 2. The number of halogens is 1. The monoisotopic (exact) mass is 451 g/mol. The van der Waals surface area contributed by atoms with E-state index in [-0.39, 0.29) is 29.4 Å². The molecule has 0 saturated heterocycles. The minimum atomic E-state index is -0.493. The summed E-state index contributed by atoms with van der Waals surface area (Å²) in [6.07, 6.45) is 2.12. The Morgan fingerprint density at radius 1 is 1.12 bits per heavy atom. The average molecular weight is 451 g/mol. The number of aromatic nitrogens is 6. The second-order valence-corrected chi connectivity index (χ2v) is 8.17. The number of hydrogen-bond acceptors (Lipinski definition) is 5. The highest BCUT2D eigenvalue weighted by molar-refractivity contribution is 5.79. The van der Waals surface area contributed by atoms with Gasteiger partial charge >= 0.3 is 5.69 Å². The van der Waals surface area contributed by atoms with Crippen LogP contribution in [0.2, 0.25) is 0 Å². The number of nitrogens with zero attached hydrogens (tertiary/aromatic N) is 7. The van der Waals surface area contributed by atoms with E-state index < -0.39 is 11.2 Å². The SMILES string of the molecule is Cn1c(=O)c2c(ncn2CC(=O)N2CCCn3nc(-c4cccc(F)c4)cc3C2)n(C)c1=O. The van der Waals surface area contributed by atoms with Crippen LogP contribution in [-0.4, -0.2) is 45.8 Å². The molecule has 1 aliphatic heterocycles. The molecule has 1 aliphatic rings. The van der Waals surface area contributed by atoms with Crippen LogP contribution in [-0.2, 0) is 38.5 Å². The highest BCUT2D eigenvalue weighted by Gasteiger charge is 2.23. The Kier molecular flexibility index (Phi) is 4.95. The number of carbonyl (C=O) groups is 1. The van der Waals surface area contributed by atoms with E-state index in [0.29, 0.717) is 37.3 Å². The predicted octanol–water partition coefficient (Wildman–Crippen LogP) is 0.869. The van der Waals surface area contributed by atoms with Gasteiger partial charge in [-0.05, 0) is 24.6 Å². The molecule has 0 N–H and O–H groups in total. The van der Waals surface area contributed by atoms with Gasteiger partial charge < -0.3 is 9.47 Å². The lowest BCUT2D eigenvalue weighted by Crippen LogP contribution is -2.38. The van der Waals surface area contributed by atoms with Gasteiger partial charge in [0.15, 0.2) is 11.2 Å². The second kappa shape index (κ2) is 7.84. The fourth-order valence-electron chi connectivity index (χ4n) is 4.23. The Morgan fingerprint density at radius 3 is 2.73 bits per heavy atom. The third-order valence-corrected chi connectivity index (χ3v) is 6.01. The average Bonchev–Trinajstić information content (AvgIpc) is 3.34. The molecule has 1 amide bonds. The number of imidazole rings is 1. The molecule has 0 radical (unpaired) electrons.